The first-order chi connectivity index (χ1) is 29.6. The lowest BCUT2D eigenvalue weighted by molar-refractivity contribution is -0.384. The van der Waals surface area contributed by atoms with Gasteiger partial charge in [-0.25, -0.2) is 13.1 Å². The van der Waals surface area contributed by atoms with Gasteiger partial charge in [-0.05, 0) is 96.1 Å². The molecule has 0 saturated carbocycles. The lowest BCUT2D eigenvalue weighted by atomic mass is 9.92. The molecule has 0 spiro atoms. The zero-order valence-electron chi connectivity index (χ0n) is 33.7. The number of nitro benzene ring substituents is 1. The first-order valence-corrected chi connectivity index (χ1v) is 23.5. The second-order valence-electron chi connectivity index (χ2n) is 15.7. The molecule has 15 heteroatoms. The number of morpholine rings is 1. The van der Waals surface area contributed by atoms with Crippen molar-refractivity contribution < 1.29 is 22.9 Å². The van der Waals surface area contributed by atoms with Crippen molar-refractivity contribution in [2.45, 2.75) is 47.7 Å². The number of halogens is 1. The lowest BCUT2D eigenvalue weighted by Crippen LogP contribution is -2.54. The topological polar surface area (TPSA) is 137 Å². The number of aryl methyl sites for hydroxylation is 1. The number of benzene rings is 5. The maximum atomic E-state index is 13.6. The lowest BCUT2D eigenvalue weighted by Gasteiger charge is -2.46. The molecule has 3 aliphatic heterocycles. The third-order valence-electron chi connectivity index (χ3n) is 11.7. The largest absolute Gasteiger partial charge is 0.379 e. The van der Waals surface area contributed by atoms with Crippen LogP contribution < -0.4 is 14.9 Å². The summed E-state index contributed by atoms with van der Waals surface area (Å²) in [5, 5.41) is 16.4. The second kappa shape index (κ2) is 19.4. The Bertz CT molecular complexity index is 2450. The summed E-state index contributed by atoms with van der Waals surface area (Å²) >= 11 is 7.81. The van der Waals surface area contributed by atoms with Crippen LogP contribution in [-0.4, -0.2) is 99.4 Å². The van der Waals surface area contributed by atoms with Gasteiger partial charge in [-0.1, -0.05) is 66.2 Å². The molecule has 318 valence electrons. The molecule has 0 radical (unpaired) electrons. The van der Waals surface area contributed by atoms with Crippen molar-refractivity contribution in [1.82, 2.24) is 14.5 Å². The van der Waals surface area contributed by atoms with Crippen LogP contribution in [0.4, 0.5) is 17.1 Å². The number of nitrogens with zero attached hydrogens (tertiary/aromatic N) is 4. The van der Waals surface area contributed by atoms with E-state index in [1.54, 1.807) is 23.9 Å². The van der Waals surface area contributed by atoms with Gasteiger partial charge >= 0.3 is 0 Å². The molecule has 5 aromatic carbocycles. The van der Waals surface area contributed by atoms with Gasteiger partial charge < -0.3 is 15.0 Å². The molecule has 2 atom stereocenters. The van der Waals surface area contributed by atoms with Crippen molar-refractivity contribution in [3.63, 3.8) is 0 Å². The average Bonchev–Trinajstić information content (AvgIpc) is 3.28. The number of nitrogens with one attached hydrogen (secondary N) is 2. The van der Waals surface area contributed by atoms with Gasteiger partial charge in [0.25, 0.3) is 21.6 Å². The third kappa shape index (κ3) is 10.6. The third-order valence-corrected chi connectivity index (χ3v) is 14.4. The number of hydrogen-bond donors (Lipinski definition) is 2. The van der Waals surface area contributed by atoms with Gasteiger partial charge in [0.15, 0.2) is 0 Å². The predicted octanol–water partition coefficient (Wildman–Crippen LogP) is 7.97. The van der Waals surface area contributed by atoms with Crippen LogP contribution >= 0.6 is 23.4 Å². The molecule has 2 saturated heterocycles. The molecule has 1 amide bonds. The zero-order valence-corrected chi connectivity index (χ0v) is 36.1. The minimum absolute atomic E-state index is 0.152. The molecule has 8 rings (SSSR count). The summed E-state index contributed by atoms with van der Waals surface area (Å²) in [5.74, 6) is -0.153. The smallest absolute Gasteiger partial charge is 0.293 e. The van der Waals surface area contributed by atoms with Gasteiger partial charge in [-0.15, -0.1) is 11.8 Å². The molecule has 61 heavy (non-hydrogen) atoms. The van der Waals surface area contributed by atoms with Crippen molar-refractivity contribution in [3.05, 3.63) is 147 Å². The Morgan fingerprint density at radius 2 is 1.67 bits per heavy atom. The van der Waals surface area contributed by atoms with Crippen molar-refractivity contribution in [2.75, 3.05) is 68.5 Å². The Hall–Kier alpha value is -4.96. The molecule has 3 heterocycles. The van der Waals surface area contributed by atoms with Crippen molar-refractivity contribution in [2.24, 2.45) is 0 Å². The van der Waals surface area contributed by atoms with Crippen LogP contribution in [0.1, 0.15) is 34.3 Å². The molecule has 0 unspecified atom stereocenters. The number of thioether (sulfide) groups is 1. The normalized spacial score (nSPS) is 17.5. The average molecular weight is 882 g/mol. The van der Waals surface area contributed by atoms with E-state index < -0.39 is 20.9 Å². The van der Waals surface area contributed by atoms with E-state index in [1.165, 1.54) is 23.3 Å². The van der Waals surface area contributed by atoms with Crippen LogP contribution in [0, 0.1) is 10.1 Å². The van der Waals surface area contributed by atoms with Crippen molar-refractivity contribution >= 4 is 56.4 Å². The van der Waals surface area contributed by atoms with Crippen LogP contribution in [0.25, 0.3) is 11.1 Å². The highest BCUT2D eigenvalue weighted by Crippen LogP contribution is 2.35. The number of ether oxygens (including phenoxy) is 1. The van der Waals surface area contributed by atoms with Gasteiger partial charge in [0.1, 0.15) is 5.69 Å². The Balaban J connectivity index is 0.914. The summed E-state index contributed by atoms with van der Waals surface area (Å²) < 4.78 is 34.9. The van der Waals surface area contributed by atoms with Crippen LogP contribution in [0.15, 0.2) is 125 Å². The molecular weight excluding hydrogens is 832 g/mol. The van der Waals surface area contributed by atoms with E-state index >= 15 is 0 Å². The number of carbonyl (C=O) groups excluding carboxylic acids is 1. The highest BCUT2D eigenvalue weighted by Gasteiger charge is 2.33. The Morgan fingerprint density at radius 1 is 0.902 bits per heavy atom. The van der Waals surface area contributed by atoms with Gasteiger partial charge in [-0.2, -0.15) is 0 Å². The SMILES string of the molecule is O=C(NS(=O)(=O)c1ccc(N[C@H](CCN2CCOCC2)CSc2ccccc2)c([N+](=O)[O-])c1)c1ccc2c(c1)CC[C@H]1CN(Cc3ccccc3-c3ccc(Cl)cc3)CCN21. The van der Waals surface area contributed by atoms with Crippen molar-refractivity contribution in [1.29, 1.82) is 0 Å². The minimum atomic E-state index is -4.45. The zero-order chi connectivity index (χ0) is 42.3. The predicted molar refractivity (Wildman–Crippen MR) is 242 cm³/mol. The standard InChI is InChI=1S/C46H49ClN6O6S2/c47-37-14-10-33(11-15-37)42-9-5-4-6-36(42)30-51-22-23-52-39(31-51)16-12-34-28-35(13-19-44(34)52)46(54)49-61(57,58)41-17-18-43(45(29-41)53(55)56)48-38(20-21-50-24-26-59-27-25-50)32-60-40-7-2-1-3-8-40/h1-11,13-15,17-19,28-29,38-39,48H,12,16,20-27,30-32H2,(H,49,54)/t38-,39+/m1/s1. The Morgan fingerprint density at radius 3 is 2.46 bits per heavy atom. The molecule has 2 N–H and O–H groups in total. The number of carbonyl (C=O) groups is 1. The first kappa shape index (κ1) is 42.7. The number of amides is 1. The molecule has 0 aromatic heterocycles. The fraction of sp³-hybridized carbons (Fsp3) is 0.326. The highest BCUT2D eigenvalue weighted by molar-refractivity contribution is 7.99. The Labute approximate surface area is 366 Å². The summed E-state index contributed by atoms with van der Waals surface area (Å²) in [6, 6.07) is 35.6. The van der Waals surface area contributed by atoms with E-state index in [4.69, 9.17) is 16.3 Å². The van der Waals surface area contributed by atoms with E-state index in [1.807, 2.05) is 48.5 Å². The molecule has 0 aliphatic carbocycles. The molecule has 0 bridgehead atoms. The summed E-state index contributed by atoms with van der Waals surface area (Å²) in [6.45, 7) is 7.19. The maximum absolute atomic E-state index is 13.6. The number of fused-ring (bicyclic) bond motifs is 3. The van der Waals surface area contributed by atoms with E-state index in [0.717, 1.165) is 86.4 Å². The minimum Gasteiger partial charge on any atom is -0.379 e. The van der Waals surface area contributed by atoms with E-state index in [9.17, 15) is 23.3 Å². The molecule has 5 aromatic rings. The summed E-state index contributed by atoms with van der Waals surface area (Å²) in [5.41, 5.74) is 5.69. The number of rotatable bonds is 15. The molecule has 3 aliphatic rings. The molecule has 2 fully saturated rings. The highest BCUT2D eigenvalue weighted by atomic mass is 35.5. The van der Waals surface area contributed by atoms with Gasteiger partial charge in [0, 0.05) is 90.9 Å². The Kier molecular flexibility index (Phi) is 13.6. The fourth-order valence-corrected chi connectivity index (χ4v) is 10.6. The second-order valence-corrected chi connectivity index (χ2v) is 18.9. The van der Waals surface area contributed by atoms with Gasteiger partial charge in [-0.3, -0.25) is 24.7 Å². The first-order valence-electron chi connectivity index (χ1n) is 20.7. The summed E-state index contributed by atoms with van der Waals surface area (Å²) in [6.07, 6.45) is 2.36. The number of piperazine rings is 1. The quantitative estimate of drug-likeness (QED) is 0.0602. The number of nitro groups is 1. The number of sulfonamides is 1. The summed E-state index contributed by atoms with van der Waals surface area (Å²) in [4.78, 5) is 33.2. The van der Waals surface area contributed by atoms with Crippen LogP contribution in [0.5, 0.6) is 0 Å². The molecular formula is C46H49ClN6O6S2. The number of anilines is 2. The van der Waals surface area contributed by atoms with Gasteiger partial charge in [0.05, 0.1) is 23.0 Å². The van der Waals surface area contributed by atoms with Crippen LogP contribution in [0.2, 0.25) is 5.02 Å². The molecule has 12 nitrogen and oxygen atoms in total. The van der Waals surface area contributed by atoms with Crippen molar-refractivity contribution in [3.8, 4) is 11.1 Å². The number of hydrogen-bond acceptors (Lipinski definition) is 11. The maximum Gasteiger partial charge on any atom is 0.293 e. The van der Waals surface area contributed by atoms with Crippen LogP contribution in [0.3, 0.4) is 0 Å². The summed E-state index contributed by atoms with van der Waals surface area (Å²) in [7, 11) is -4.45. The van der Waals surface area contributed by atoms with Gasteiger partial charge in [0.2, 0.25) is 0 Å². The van der Waals surface area contributed by atoms with E-state index in [-0.39, 0.29) is 27.9 Å². The monoisotopic (exact) mass is 880 g/mol. The van der Waals surface area contributed by atoms with E-state index in [2.05, 4.69) is 61.1 Å². The van der Waals surface area contributed by atoms with E-state index in [0.29, 0.717) is 36.5 Å². The fourth-order valence-electron chi connectivity index (χ4n) is 8.45. The van der Waals surface area contributed by atoms with Crippen LogP contribution in [-0.2, 0) is 27.7 Å².